The van der Waals surface area contributed by atoms with Crippen LogP contribution in [-0.4, -0.2) is 40.2 Å². The molecule has 0 saturated carbocycles. The average Bonchev–Trinajstić information content (AvgIpc) is 2.87. The number of allylic oxidation sites excluding steroid dienone is 3. The monoisotopic (exact) mass is 476 g/mol. The van der Waals surface area contributed by atoms with Crippen LogP contribution in [0.15, 0.2) is 90.7 Å². The van der Waals surface area contributed by atoms with Gasteiger partial charge in [0.1, 0.15) is 12.3 Å². The smallest absolute Gasteiger partial charge is 0.159 e. The van der Waals surface area contributed by atoms with Crippen LogP contribution >= 0.6 is 0 Å². The van der Waals surface area contributed by atoms with Gasteiger partial charge in [-0.2, -0.15) is 0 Å². The number of hydrogen-bond donors (Lipinski definition) is 0. The highest BCUT2D eigenvalue weighted by atomic mass is 19.2. The number of nitrogens with zero attached hydrogens (tertiary/aromatic N) is 4. The van der Waals surface area contributed by atoms with Crippen LogP contribution in [0.4, 0.5) is 8.78 Å². The molecule has 1 saturated heterocycles. The Balaban J connectivity index is 1.38. The molecule has 2 aliphatic rings. The molecular formula is C28H30F2N4O. The Morgan fingerprint density at radius 3 is 2.63 bits per heavy atom. The summed E-state index contributed by atoms with van der Waals surface area (Å²) >= 11 is 0. The Labute approximate surface area is 205 Å². The molecule has 35 heavy (non-hydrogen) atoms. The summed E-state index contributed by atoms with van der Waals surface area (Å²) < 4.78 is 27.2. The third kappa shape index (κ3) is 5.92. The van der Waals surface area contributed by atoms with Gasteiger partial charge in [-0.15, -0.1) is 0 Å². The number of rotatable bonds is 8. The van der Waals surface area contributed by atoms with Gasteiger partial charge in [-0.1, -0.05) is 24.4 Å². The van der Waals surface area contributed by atoms with Crippen molar-refractivity contribution in [3.8, 4) is 0 Å². The molecule has 1 fully saturated rings. The van der Waals surface area contributed by atoms with E-state index < -0.39 is 11.6 Å². The topological polar surface area (TPSA) is 41.0 Å². The molecule has 0 bridgehead atoms. The molecule has 0 spiro atoms. The van der Waals surface area contributed by atoms with E-state index >= 15 is 0 Å². The van der Waals surface area contributed by atoms with Gasteiger partial charge in [0.15, 0.2) is 11.6 Å². The zero-order valence-corrected chi connectivity index (χ0v) is 20.0. The third-order valence-electron chi connectivity index (χ3n) is 6.30. The van der Waals surface area contributed by atoms with Crippen molar-refractivity contribution in [1.82, 2.24) is 14.8 Å². The number of halogens is 2. The summed E-state index contributed by atoms with van der Waals surface area (Å²) in [5, 5.41) is 4.10. The van der Waals surface area contributed by atoms with Crippen LogP contribution in [0.25, 0.3) is 0 Å². The maximum atomic E-state index is 13.8. The number of hydrogen-bond acceptors (Lipinski definition) is 5. The Morgan fingerprint density at radius 2 is 2.00 bits per heavy atom. The molecule has 4 rings (SSSR count). The summed E-state index contributed by atoms with van der Waals surface area (Å²) in [7, 11) is 0. The fraction of sp³-hybridized carbons (Fsp3) is 0.286. The summed E-state index contributed by atoms with van der Waals surface area (Å²) in [6, 6.07) is 7.49. The first-order valence-corrected chi connectivity index (χ1v) is 11.8. The Morgan fingerprint density at radius 1 is 1.20 bits per heavy atom. The zero-order valence-electron chi connectivity index (χ0n) is 20.0. The fourth-order valence-corrected chi connectivity index (χ4v) is 4.37. The molecule has 3 heterocycles. The lowest BCUT2D eigenvalue weighted by molar-refractivity contribution is 0.159. The van der Waals surface area contributed by atoms with Crippen LogP contribution in [0.3, 0.4) is 0 Å². The van der Waals surface area contributed by atoms with Gasteiger partial charge in [0.2, 0.25) is 0 Å². The van der Waals surface area contributed by atoms with Crippen LogP contribution in [0, 0.1) is 17.6 Å². The van der Waals surface area contributed by atoms with Gasteiger partial charge in [0.25, 0.3) is 0 Å². The Hall–Kier alpha value is -3.58. The molecule has 5 nitrogen and oxygen atoms in total. The Bertz CT molecular complexity index is 1160. The minimum atomic E-state index is -0.937. The van der Waals surface area contributed by atoms with Gasteiger partial charge < -0.3 is 9.74 Å². The molecule has 2 aliphatic heterocycles. The van der Waals surface area contributed by atoms with Crippen molar-refractivity contribution in [2.45, 2.75) is 26.3 Å². The molecule has 0 radical (unpaired) electrons. The van der Waals surface area contributed by atoms with E-state index in [2.05, 4.69) is 40.3 Å². The molecule has 2 aromatic rings. The minimum Gasteiger partial charge on any atom is -0.396 e. The number of benzene rings is 1. The van der Waals surface area contributed by atoms with E-state index in [1.54, 1.807) is 13.1 Å². The lowest BCUT2D eigenvalue weighted by Crippen LogP contribution is -2.34. The second-order valence-corrected chi connectivity index (χ2v) is 8.63. The predicted molar refractivity (Wildman–Crippen MR) is 134 cm³/mol. The molecule has 0 amide bonds. The number of aromatic nitrogens is 1. The lowest BCUT2D eigenvalue weighted by atomic mass is 9.87. The van der Waals surface area contributed by atoms with E-state index in [-0.39, 0.29) is 0 Å². The Kier molecular flexibility index (Phi) is 7.87. The highest BCUT2D eigenvalue weighted by Crippen LogP contribution is 2.30. The maximum Gasteiger partial charge on any atom is 0.159 e. The summed E-state index contributed by atoms with van der Waals surface area (Å²) in [6.07, 6.45) is 12.1. The number of likely N-dealkylation sites (tertiary alicyclic amines) is 1. The van der Waals surface area contributed by atoms with Crippen LogP contribution in [-0.2, 0) is 11.4 Å². The minimum absolute atomic E-state index is 0.356. The van der Waals surface area contributed by atoms with Crippen molar-refractivity contribution in [3.05, 3.63) is 114 Å². The summed E-state index contributed by atoms with van der Waals surface area (Å²) in [4.78, 5) is 14.1. The van der Waals surface area contributed by atoms with Gasteiger partial charge in [0.05, 0.1) is 5.69 Å². The van der Waals surface area contributed by atoms with E-state index in [0.29, 0.717) is 29.5 Å². The lowest BCUT2D eigenvalue weighted by Gasteiger charge is -2.34. The number of pyridine rings is 1. The SMILES string of the molecule is C=CN1C=CC(C2CCN(Cc3ccc(/C(=N/OCC)c4ccc(F)c(F)c4)nc3)CC2)=CC1=C. The van der Waals surface area contributed by atoms with Gasteiger partial charge in [-0.25, -0.2) is 8.78 Å². The van der Waals surface area contributed by atoms with Crippen molar-refractivity contribution in [3.63, 3.8) is 0 Å². The van der Waals surface area contributed by atoms with E-state index in [4.69, 9.17) is 4.84 Å². The molecule has 0 unspecified atom stereocenters. The highest BCUT2D eigenvalue weighted by molar-refractivity contribution is 6.11. The predicted octanol–water partition coefficient (Wildman–Crippen LogP) is 5.77. The molecule has 1 aromatic carbocycles. The molecule has 182 valence electrons. The van der Waals surface area contributed by atoms with Crippen molar-refractivity contribution in [1.29, 1.82) is 0 Å². The van der Waals surface area contributed by atoms with Crippen molar-refractivity contribution in [2.75, 3.05) is 19.7 Å². The normalized spacial score (nSPS) is 17.5. The largest absolute Gasteiger partial charge is 0.396 e. The highest BCUT2D eigenvalue weighted by Gasteiger charge is 2.23. The van der Waals surface area contributed by atoms with Crippen LogP contribution in [0.2, 0.25) is 0 Å². The summed E-state index contributed by atoms with van der Waals surface area (Å²) in [6.45, 7) is 12.9. The van der Waals surface area contributed by atoms with Gasteiger partial charge in [0, 0.05) is 36.4 Å². The number of oxime groups is 1. The van der Waals surface area contributed by atoms with Gasteiger partial charge in [-0.3, -0.25) is 9.88 Å². The first kappa shape index (κ1) is 24.5. The van der Waals surface area contributed by atoms with E-state index in [0.717, 1.165) is 55.9 Å². The second kappa shape index (κ2) is 11.2. The van der Waals surface area contributed by atoms with E-state index in [1.807, 2.05) is 29.4 Å². The van der Waals surface area contributed by atoms with Crippen molar-refractivity contribution in [2.24, 2.45) is 11.1 Å². The van der Waals surface area contributed by atoms with Crippen LogP contribution in [0.5, 0.6) is 0 Å². The quantitative estimate of drug-likeness (QED) is 0.358. The van der Waals surface area contributed by atoms with E-state index in [1.165, 1.54) is 11.6 Å². The standard InChI is InChI=1S/C28H30F2N4O/c1-4-34-15-12-23(16-20(34)3)22-10-13-33(14-11-22)19-21-6-9-27(31-18-21)28(32-35-5-2)24-7-8-25(29)26(30)17-24/h4,6-9,12,15-18,22H,1,3,5,10-11,13-14,19H2,2H3/b32-28+. The fourth-order valence-electron chi connectivity index (χ4n) is 4.37. The van der Waals surface area contributed by atoms with Crippen molar-refractivity contribution >= 4 is 5.71 Å². The first-order valence-electron chi connectivity index (χ1n) is 11.8. The molecular weight excluding hydrogens is 446 g/mol. The molecule has 0 atom stereocenters. The zero-order chi connectivity index (χ0) is 24.8. The van der Waals surface area contributed by atoms with Gasteiger partial charge in [-0.05, 0) is 86.3 Å². The maximum absolute atomic E-state index is 13.8. The number of piperidine rings is 1. The molecule has 0 N–H and O–H groups in total. The average molecular weight is 477 g/mol. The molecule has 0 aliphatic carbocycles. The van der Waals surface area contributed by atoms with Crippen molar-refractivity contribution < 1.29 is 13.6 Å². The van der Waals surface area contributed by atoms with E-state index in [9.17, 15) is 8.78 Å². The van der Waals surface area contributed by atoms with Crippen LogP contribution in [0.1, 0.15) is 36.6 Å². The molecule has 7 heteroatoms. The third-order valence-corrected chi connectivity index (χ3v) is 6.30. The second-order valence-electron chi connectivity index (χ2n) is 8.63. The summed E-state index contributed by atoms with van der Waals surface area (Å²) in [5.74, 6) is -1.32. The molecule has 1 aromatic heterocycles. The summed E-state index contributed by atoms with van der Waals surface area (Å²) in [5.41, 5.74) is 4.67. The first-order chi connectivity index (χ1) is 17.0. The van der Waals surface area contributed by atoms with Crippen LogP contribution < -0.4 is 0 Å². The van der Waals surface area contributed by atoms with Gasteiger partial charge >= 0.3 is 0 Å².